The average Bonchev–Trinajstić information content (AvgIpc) is 3.04. The lowest BCUT2D eigenvalue weighted by atomic mass is 9.98. The molecule has 0 radical (unpaired) electrons. The van der Waals surface area contributed by atoms with E-state index in [-0.39, 0.29) is 5.92 Å². The van der Waals surface area contributed by atoms with E-state index in [0.29, 0.717) is 23.9 Å². The van der Waals surface area contributed by atoms with Crippen molar-refractivity contribution in [3.8, 4) is 0 Å². The number of nitrogen functional groups attached to an aromatic ring is 1. The van der Waals surface area contributed by atoms with E-state index in [2.05, 4.69) is 45.9 Å². The molecule has 242 valence electrons. The Balaban J connectivity index is 0.942. The van der Waals surface area contributed by atoms with Crippen LogP contribution in [-0.2, 0) is 17.3 Å². The zero-order valence-corrected chi connectivity index (χ0v) is 27.6. The van der Waals surface area contributed by atoms with Gasteiger partial charge in [-0.25, -0.2) is 0 Å². The summed E-state index contributed by atoms with van der Waals surface area (Å²) in [4.78, 5) is 8.83. The molecule has 1 unspecified atom stereocenters. The summed E-state index contributed by atoms with van der Waals surface area (Å²) in [6, 6.07) is 24.4. The largest absolute Gasteiger partial charge is 0.485 e. The Morgan fingerprint density at radius 2 is 1.61 bits per heavy atom. The van der Waals surface area contributed by atoms with E-state index in [1.165, 1.54) is 29.5 Å². The Hall–Kier alpha value is -3.31. The number of piperazine rings is 1. The quantitative estimate of drug-likeness (QED) is 0.135. The summed E-state index contributed by atoms with van der Waals surface area (Å²) in [6.07, 6.45) is -2.71. The minimum atomic E-state index is -4.37. The summed E-state index contributed by atoms with van der Waals surface area (Å²) in [6.45, 7) is 8.85. The highest BCUT2D eigenvalue weighted by molar-refractivity contribution is 7.99. The second-order valence-electron chi connectivity index (χ2n) is 12.1. The summed E-state index contributed by atoms with van der Waals surface area (Å²) in [5.41, 5.74) is 9.15. The molecule has 1 atom stereocenters. The molecular formula is C36H39F3N4OS2. The van der Waals surface area contributed by atoms with Crippen LogP contribution in [-0.4, -0.2) is 67.3 Å². The number of ether oxygens (including phenoxy) is 1. The molecular weight excluding hydrogens is 626 g/mol. The monoisotopic (exact) mass is 664 g/mol. The van der Waals surface area contributed by atoms with Crippen molar-refractivity contribution in [2.45, 2.75) is 35.7 Å². The third-order valence-corrected chi connectivity index (χ3v) is 10.5. The molecule has 0 spiro atoms. The number of rotatable bonds is 10. The van der Waals surface area contributed by atoms with Crippen LogP contribution < -0.4 is 10.6 Å². The van der Waals surface area contributed by atoms with E-state index in [1.54, 1.807) is 6.07 Å². The number of nitrogens with two attached hydrogens (primary N) is 1. The molecule has 46 heavy (non-hydrogen) atoms. The van der Waals surface area contributed by atoms with Crippen molar-refractivity contribution < 1.29 is 17.9 Å². The number of benzene rings is 4. The van der Waals surface area contributed by atoms with Crippen molar-refractivity contribution in [3.05, 3.63) is 90.0 Å². The Morgan fingerprint density at radius 1 is 0.870 bits per heavy atom. The molecule has 0 saturated carbocycles. The molecule has 0 amide bonds. The van der Waals surface area contributed by atoms with Gasteiger partial charge in [0.15, 0.2) is 5.05 Å². The molecule has 10 heteroatoms. The highest BCUT2D eigenvalue weighted by Crippen LogP contribution is 2.49. The van der Waals surface area contributed by atoms with Gasteiger partial charge in [0, 0.05) is 66.1 Å². The van der Waals surface area contributed by atoms with E-state index in [1.807, 2.05) is 36.4 Å². The highest BCUT2D eigenvalue weighted by atomic mass is 32.2. The maximum atomic E-state index is 13.5. The van der Waals surface area contributed by atoms with Gasteiger partial charge >= 0.3 is 6.18 Å². The molecule has 6 rings (SSSR count). The fraction of sp³-hybridized carbons (Fsp3) is 0.361. The number of hydrogen-bond donors (Lipinski definition) is 1. The fourth-order valence-corrected chi connectivity index (χ4v) is 7.50. The molecule has 0 aliphatic carbocycles. The number of hydrogen-bond acceptors (Lipinski definition) is 7. The lowest BCUT2D eigenvalue weighted by molar-refractivity contribution is -0.137. The van der Waals surface area contributed by atoms with Crippen molar-refractivity contribution in [1.29, 1.82) is 0 Å². The molecule has 1 fully saturated rings. The summed E-state index contributed by atoms with van der Waals surface area (Å²) in [7, 11) is 0. The molecule has 4 aromatic carbocycles. The maximum Gasteiger partial charge on any atom is 0.416 e. The topological polar surface area (TPSA) is 45.0 Å². The number of thiocarbonyl (C=S) groups is 1. The Bertz CT molecular complexity index is 1690. The Morgan fingerprint density at radius 3 is 2.39 bits per heavy atom. The lowest BCUT2D eigenvalue weighted by Gasteiger charge is -2.36. The van der Waals surface area contributed by atoms with Gasteiger partial charge in [0.05, 0.1) is 16.9 Å². The van der Waals surface area contributed by atoms with Crippen LogP contribution >= 0.6 is 24.0 Å². The minimum Gasteiger partial charge on any atom is -0.485 e. The molecule has 0 aromatic heterocycles. The van der Waals surface area contributed by atoms with Crippen LogP contribution in [0.15, 0.2) is 88.7 Å². The number of halogens is 3. The smallest absolute Gasteiger partial charge is 0.416 e. The third kappa shape index (κ3) is 7.62. The van der Waals surface area contributed by atoms with Crippen LogP contribution in [0.4, 0.5) is 30.2 Å². The normalized spacial score (nSPS) is 16.2. The zero-order chi connectivity index (χ0) is 32.3. The van der Waals surface area contributed by atoms with Gasteiger partial charge in [0.2, 0.25) is 0 Å². The average molecular weight is 665 g/mol. The first-order valence-electron chi connectivity index (χ1n) is 15.8. The van der Waals surface area contributed by atoms with Crippen LogP contribution in [0.5, 0.6) is 0 Å². The minimum absolute atomic E-state index is 0.117. The molecule has 2 heterocycles. The molecule has 1 saturated heterocycles. The standard InChI is InChI=1S/C36H39F3N4OS2/c1-25(22-26-10-11-27-6-4-7-30(40)29(27)23-26)35(45)44-21-20-42-18-16-41(17-19-42)14-5-15-43-31-8-2-3-9-33(31)46-34-13-12-28(24-32(34)43)36(37,38)39/h2-4,6-13,23-25H,5,14-22,40H2,1H3. The van der Waals surface area contributed by atoms with Gasteiger partial charge in [-0.15, -0.1) is 0 Å². The Kier molecular flexibility index (Phi) is 10.1. The second-order valence-corrected chi connectivity index (χ2v) is 13.6. The molecule has 2 N–H and O–H groups in total. The van der Waals surface area contributed by atoms with E-state index >= 15 is 0 Å². The van der Waals surface area contributed by atoms with Crippen LogP contribution in [0.1, 0.15) is 24.5 Å². The van der Waals surface area contributed by atoms with E-state index < -0.39 is 11.7 Å². The van der Waals surface area contributed by atoms with Crippen LogP contribution in [0.25, 0.3) is 10.8 Å². The number of fused-ring (bicyclic) bond motifs is 3. The van der Waals surface area contributed by atoms with Gasteiger partial charge in [0.25, 0.3) is 0 Å². The van der Waals surface area contributed by atoms with Gasteiger partial charge in [-0.2, -0.15) is 13.2 Å². The first kappa shape index (κ1) is 32.6. The summed E-state index contributed by atoms with van der Waals surface area (Å²) >= 11 is 7.15. The van der Waals surface area contributed by atoms with Crippen LogP contribution in [0, 0.1) is 5.92 Å². The summed E-state index contributed by atoms with van der Waals surface area (Å²) in [5.74, 6) is 0.117. The van der Waals surface area contributed by atoms with Crippen molar-refractivity contribution in [2.24, 2.45) is 5.92 Å². The van der Waals surface area contributed by atoms with Crippen molar-refractivity contribution in [3.63, 3.8) is 0 Å². The van der Waals surface area contributed by atoms with Crippen molar-refractivity contribution in [1.82, 2.24) is 9.80 Å². The Labute approximate surface area is 278 Å². The van der Waals surface area contributed by atoms with Gasteiger partial charge < -0.3 is 20.3 Å². The fourth-order valence-electron chi connectivity index (χ4n) is 6.26. The van der Waals surface area contributed by atoms with Gasteiger partial charge in [-0.05, 0) is 85.0 Å². The zero-order valence-electron chi connectivity index (χ0n) is 25.9. The molecule has 4 aromatic rings. The number of nitrogens with zero attached hydrogens (tertiary/aromatic N) is 3. The summed E-state index contributed by atoms with van der Waals surface area (Å²) in [5, 5.41) is 2.84. The van der Waals surface area contributed by atoms with E-state index in [9.17, 15) is 13.2 Å². The first-order chi connectivity index (χ1) is 22.2. The molecule has 2 aliphatic rings. The van der Waals surface area contributed by atoms with Crippen molar-refractivity contribution in [2.75, 3.05) is 63.1 Å². The third-order valence-electron chi connectivity index (χ3n) is 8.85. The molecule has 0 bridgehead atoms. The van der Waals surface area contributed by atoms with E-state index in [0.717, 1.165) is 84.0 Å². The van der Waals surface area contributed by atoms with Crippen molar-refractivity contribution >= 4 is 56.9 Å². The number of alkyl halides is 3. The molecule has 5 nitrogen and oxygen atoms in total. The van der Waals surface area contributed by atoms with Gasteiger partial charge in [0.1, 0.15) is 6.61 Å². The SMILES string of the molecule is CC(Cc1ccc2cccc(N)c2c1)C(=S)OCCN1CCN(CCCN2c3ccccc3Sc3ccc(C(F)(F)F)cc32)CC1. The first-order valence-corrected chi connectivity index (χ1v) is 17.0. The lowest BCUT2D eigenvalue weighted by Crippen LogP contribution is -2.47. The van der Waals surface area contributed by atoms with Gasteiger partial charge in [-0.1, -0.05) is 55.1 Å². The number of anilines is 3. The molecule has 2 aliphatic heterocycles. The second kappa shape index (κ2) is 14.2. The predicted octanol–water partition coefficient (Wildman–Crippen LogP) is 8.27. The number of para-hydroxylation sites is 1. The summed E-state index contributed by atoms with van der Waals surface area (Å²) < 4.78 is 46.6. The highest BCUT2D eigenvalue weighted by Gasteiger charge is 2.33. The predicted molar refractivity (Wildman–Crippen MR) is 186 cm³/mol. The van der Waals surface area contributed by atoms with Crippen LogP contribution in [0.2, 0.25) is 0 Å². The van der Waals surface area contributed by atoms with Crippen LogP contribution in [0.3, 0.4) is 0 Å². The maximum absolute atomic E-state index is 13.5. The van der Waals surface area contributed by atoms with Gasteiger partial charge in [-0.3, -0.25) is 4.90 Å². The van der Waals surface area contributed by atoms with E-state index in [4.69, 9.17) is 22.7 Å².